The van der Waals surface area contributed by atoms with Crippen LogP contribution < -0.4 is 5.32 Å². The topological polar surface area (TPSA) is 29.9 Å². The van der Waals surface area contributed by atoms with Crippen molar-refractivity contribution in [3.8, 4) is 0 Å². The molecule has 1 saturated heterocycles. The molecule has 1 aliphatic rings. The van der Waals surface area contributed by atoms with Crippen molar-refractivity contribution < 1.29 is 0 Å². The lowest BCUT2D eigenvalue weighted by molar-refractivity contribution is 0.343. The van der Waals surface area contributed by atoms with Crippen LogP contribution in [0.1, 0.15) is 11.4 Å². The van der Waals surface area contributed by atoms with Gasteiger partial charge < -0.3 is 5.32 Å². The Labute approximate surface area is 72.8 Å². The first-order valence-corrected chi connectivity index (χ1v) is 4.46. The zero-order valence-electron chi connectivity index (χ0n) is 7.67. The van der Waals surface area contributed by atoms with Gasteiger partial charge in [-0.2, -0.15) is 5.10 Å². The second-order valence-electron chi connectivity index (χ2n) is 3.63. The van der Waals surface area contributed by atoms with Gasteiger partial charge in [-0.05, 0) is 38.4 Å². The van der Waals surface area contributed by atoms with E-state index in [2.05, 4.69) is 23.4 Å². The molecule has 1 aromatic heterocycles. The van der Waals surface area contributed by atoms with Gasteiger partial charge in [-0.1, -0.05) is 0 Å². The number of nitrogens with one attached hydrogen (secondary N) is 1. The first kappa shape index (κ1) is 7.80. The Morgan fingerprint density at radius 2 is 2.42 bits per heavy atom. The molecule has 2 heterocycles. The lowest BCUT2D eigenvalue weighted by Gasteiger charge is -2.26. The molecule has 0 spiro atoms. The molecule has 1 fully saturated rings. The summed E-state index contributed by atoms with van der Waals surface area (Å²) in [5.74, 6) is 0.819. The fraction of sp³-hybridized carbons (Fsp3) is 0.667. The molecule has 3 nitrogen and oxygen atoms in total. The summed E-state index contributed by atoms with van der Waals surface area (Å²) in [6.45, 7) is 4.42. The zero-order valence-corrected chi connectivity index (χ0v) is 7.67. The van der Waals surface area contributed by atoms with Gasteiger partial charge in [0.15, 0.2) is 0 Å². The van der Waals surface area contributed by atoms with E-state index in [0.717, 1.165) is 25.4 Å². The average molecular weight is 165 g/mol. The molecule has 2 rings (SSSR count). The molecule has 0 aliphatic carbocycles. The SMILES string of the molecule is Cc1cc(CC2CNC2)nn1C. The number of hydrogen-bond donors (Lipinski definition) is 1. The van der Waals surface area contributed by atoms with Gasteiger partial charge in [0, 0.05) is 12.7 Å². The summed E-state index contributed by atoms with van der Waals surface area (Å²) in [7, 11) is 2.00. The highest BCUT2D eigenvalue weighted by Crippen LogP contribution is 2.11. The van der Waals surface area contributed by atoms with Crippen LogP contribution in [0, 0.1) is 12.8 Å². The zero-order chi connectivity index (χ0) is 8.55. The third-order valence-electron chi connectivity index (χ3n) is 2.53. The Morgan fingerprint density at radius 3 is 2.83 bits per heavy atom. The van der Waals surface area contributed by atoms with Gasteiger partial charge in [0.1, 0.15) is 0 Å². The smallest absolute Gasteiger partial charge is 0.0631 e. The van der Waals surface area contributed by atoms with Crippen LogP contribution in [0.5, 0.6) is 0 Å². The molecule has 1 N–H and O–H groups in total. The summed E-state index contributed by atoms with van der Waals surface area (Å²) < 4.78 is 1.95. The highest BCUT2D eigenvalue weighted by atomic mass is 15.3. The molecular formula is C9H15N3. The van der Waals surface area contributed by atoms with Gasteiger partial charge in [0.25, 0.3) is 0 Å². The molecule has 0 aromatic carbocycles. The van der Waals surface area contributed by atoms with E-state index < -0.39 is 0 Å². The molecule has 0 amide bonds. The van der Waals surface area contributed by atoms with E-state index in [1.54, 1.807) is 0 Å². The normalized spacial score (nSPS) is 17.8. The average Bonchev–Trinajstić information content (AvgIpc) is 2.24. The van der Waals surface area contributed by atoms with E-state index in [1.807, 2.05) is 11.7 Å². The molecule has 12 heavy (non-hydrogen) atoms. The minimum atomic E-state index is 0.819. The molecule has 0 atom stereocenters. The Morgan fingerprint density at radius 1 is 1.67 bits per heavy atom. The number of aromatic nitrogens is 2. The number of rotatable bonds is 2. The first-order chi connectivity index (χ1) is 5.75. The molecule has 66 valence electrons. The van der Waals surface area contributed by atoms with Crippen LogP contribution in [0.15, 0.2) is 6.07 Å². The van der Waals surface area contributed by atoms with Gasteiger partial charge >= 0.3 is 0 Å². The molecule has 0 radical (unpaired) electrons. The molecule has 1 aromatic rings. The maximum Gasteiger partial charge on any atom is 0.0631 e. The van der Waals surface area contributed by atoms with E-state index in [4.69, 9.17) is 0 Å². The number of nitrogens with zero attached hydrogens (tertiary/aromatic N) is 2. The lowest BCUT2D eigenvalue weighted by Crippen LogP contribution is -2.43. The summed E-state index contributed by atoms with van der Waals surface area (Å²) in [6.07, 6.45) is 1.13. The van der Waals surface area contributed by atoms with Gasteiger partial charge in [-0.25, -0.2) is 0 Å². The molecule has 0 saturated carbocycles. The maximum atomic E-state index is 4.42. The quantitative estimate of drug-likeness (QED) is 0.691. The van der Waals surface area contributed by atoms with E-state index >= 15 is 0 Å². The van der Waals surface area contributed by atoms with Crippen LogP contribution in [0.4, 0.5) is 0 Å². The van der Waals surface area contributed by atoms with Crippen molar-refractivity contribution in [2.75, 3.05) is 13.1 Å². The van der Waals surface area contributed by atoms with Gasteiger partial charge in [-0.3, -0.25) is 4.68 Å². The number of hydrogen-bond acceptors (Lipinski definition) is 2. The van der Waals surface area contributed by atoms with Gasteiger partial charge in [0.05, 0.1) is 5.69 Å². The largest absolute Gasteiger partial charge is 0.316 e. The third kappa shape index (κ3) is 1.37. The second kappa shape index (κ2) is 2.90. The van der Waals surface area contributed by atoms with Crippen molar-refractivity contribution in [1.82, 2.24) is 15.1 Å². The van der Waals surface area contributed by atoms with Crippen LogP contribution in [-0.2, 0) is 13.5 Å². The predicted molar refractivity (Wildman–Crippen MR) is 48.0 cm³/mol. The maximum absolute atomic E-state index is 4.42. The Bertz CT molecular complexity index is 254. The standard InChI is InChI=1S/C9H15N3/c1-7-3-9(11-12(7)2)4-8-5-10-6-8/h3,8,10H,4-6H2,1-2H3. The lowest BCUT2D eigenvalue weighted by atomic mass is 9.97. The molecule has 0 bridgehead atoms. The van der Waals surface area contributed by atoms with Crippen LogP contribution in [0.2, 0.25) is 0 Å². The third-order valence-corrected chi connectivity index (χ3v) is 2.53. The van der Waals surface area contributed by atoms with Crippen LogP contribution in [-0.4, -0.2) is 22.9 Å². The van der Waals surface area contributed by atoms with Crippen molar-refractivity contribution in [2.24, 2.45) is 13.0 Å². The molecule has 1 aliphatic heterocycles. The first-order valence-electron chi connectivity index (χ1n) is 4.46. The van der Waals surface area contributed by atoms with Crippen molar-refractivity contribution in [1.29, 1.82) is 0 Å². The van der Waals surface area contributed by atoms with Crippen molar-refractivity contribution in [3.05, 3.63) is 17.5 Å². The molecule has 0 unspecified atom stereocenters. The predicted octanol–water partition coefficient (Wildman–Crippen LogP) is 0.490. The van der Waals surface area contributed by atoms with E-state index in [-0.39, 0.29) is 0 Å². The summed E-state index contributed by atoms with van der Waals surface area (Å²) in [6, 6.07) is 2.18. The van der Waals surface area contributed by atoms with Crippen LogP contribution in [0.25, 0.3) is 0 Å². The highest BCUT2D eigenvalue weighted by Gasteiger charge is 2.18. The van der Waals surface area contributed by atoms with E-state index in [0.29, 0.717) is 0 Å². The summed E-state index contributed by atoms with van der Waals surface area (Å²) >= 11 is 0. The van der Waals surface area contributed by atoms with Crippen molar-refractivity contribution >= 4 is 0 Å². The van der Waals surface area contributed by atoms with Gasteiger partial charge in [-0.15, -0.1) is 0 Å². The van der Waals surface area contributed by atoms with E-state index in [9.17, 15) is 0 Å². The second-order valence-corrected chi connectivity index (χ2v) is 3.63. The van der Waals surface area contributed by atoms with Crippen molar-refractivity contribution in [2.45, 2.75) is 13.3 Å². The Hall–Kier alpha value is -0.830. The highest BCUT2D eigenvalue weighted by molar-refractivity contribution is 5.09. The van der Waals surface area contributed by atoms with Crippen molar-refractivity contribution in [3.63, 3.8) is 0 Å². The van der Waals surface area contributed by atoms with Gasteiger partial charge in [0.2, 0.25) is 0 Å². The minimum absolute atomic E-state index is 0.819. The summed E-state index contributed by atoms with van der Waals surface area (Å²) in [5.41, 5.74) is 2.48. The van der Waals surface area contributed by atoms with Crippen LogP contribution in [0.3, 0.4) is 0 Å². The monoisotopic (exact) mass is 165 g/mol. The Balaban J connectivity index is 2.02. The summed E-state index contributed by atoms with van der Waals surface area (Å²) in [4.78, 5) is 0. The summed E-state index contributed by atoms with van der Waals surface area (Å²) in [5, 5.41) is 7.69. The minimum Gasteiger partial charge on any atom is -0.316 e. The fourth-order valence-electron chi connectivity index (χ4n) is 1.52. The molecule has 3 heteroatoms. The fourth-order valence-corrected chi connectivity index (χ4v) is 1.52. The molecular weight excluding hydrogens is 150 g/mol. The number of aryl methyl sites for hydroxylation is 2. The Kier molecular flexibility index (Phi) is 1.89. The van der Waals surface area contributed by atoms with Crippen LogP contribution >= 0.6 is 0 Å². The van der Waals surface area contributed by atoms with E-state index in [1.165, 1.54) is 11.4 Å².